The molecule has 0 aliphatic heterocycles. The summed E-state index contributed by atoms with van der Waals surface area (Å²) in [7, 11) is 0. The average Bonchev–Trinajstić information content (AvgIpc) is 2.60. The normalized spacial score (nSPS) is 10.9. The number of nitrogens with one attached hydrogen (secondary N) is 1. The highest BCUT2D eigenvalue weighted by molar-refractivity contribution is 6.03. The highest BCUT2D eigenvalue weighted by Gasteiger charge is 2.12. The first-order valence-electron chi connectivity index (χ1n) is 9.23. The number of hydrogen-bond donors (Lipinski definition) is 2. The number of amides is 1. The third-order valence-electron chi connectivity index (χ3n) is 4.46. The Labute approximate surface area is 145 Å². The van der Waals surface area contributed by atoms with Gasteiger partial charge in [-0.15, -0.1) is 0 Å². The van der Waals surface area contributed by atoms with Gasteiger partial charge in [-0.2, -0.15) is 0 Å². The quantitative estimate of drug-likeness (QED) is 0.573. The van der Waals surface area contributed by atoms with Gasteiger partial charge in [0.05, 0.1) is 5.56 Å². The molecule has 0 bridgehead atoms. The lowest BCUT2D eigenvalue weighted by molar-refractivity contribution is 0.0950. The van der Waals surface area contributed by atoms with Crippen LogP contribution in [0.3, 0.4) is 0 Å². The van der Waals surface area contributed by atoms with Gasteiger partial charge in [0.15, 0.2) is 0 Å². The Morgan fingerprint density at radius 3 is 2.33 bits per heavy atom. The molecule has 130 valence electrons. The summed E-state index contributed by atoms with van der Waals surface area (Å²) in [5, 5.41) is 14.9. The first-order valence-corrected chi connectivity index (χ1v) is 9.23. The van der Waals surface area contributed by atoms with Crippen molar-refractivity contribution in [1.29, 1.82) is 0 Å². The number of unbranched alkanes of at least 4 members (excludes halogenated alkanes) is 7. The maximum atomic E-state index is 12.2. The van der Waals surface area contributed by atoms with Crippen LogP contribution >= 0.6 is 0 Å². The second-order valence-corrected chi connectivity index (χ2v) is 6.41. The number of phenolic OH excluding ortho intramolecular Hbond substituents is 1. The molecule has 0 spiro atoms. The minimum absolute atomic E-state index is 0.0709. The standard InChI is InChI=1S/C21H29NO2/c1-2-3-4-5-6-7-8-11-16-22-21(24)19-15-14-17-12-9-10-13-18(17)20(19)23/h9-10,12-15,23H,2-8,11,16H2,1H3,(H,22,24). The van der Waals surface area contributed by atoms with Crippen LogP contribution in [0.1, 0.15) is 68.6 Å². The Kier molecular flexibility index (Phi) is 7.60. The van der Waals surface area contributed by atoms with Gasteiger partial charge in [-0.1, -0.05) is 82.2 Å². The Balaban J connectivity index is 1.72. The van der Waals surface area contributed by atoms with E-state index in [1.165, 1.54) is 38.5 Å². The molecule has 24 heavy (non-hydrogen) atoms. The highest BCUT2D eigenvalue weighted by Crippen LogP contribution is 2.28. The van der Waals surface area contributed by atoms with Gasteiger partial charge >= 0.3 is 0 Å². The molecule has 0 fully saturated rings. The number of aromatic hydroxyl groups is 1. The van der Waals surface area contributed by atoms with Crippen molar-refractivity contribution in [2.45, 2.75) is 58.3 Å². The second kappa shape index (κ2) is 9.96. The largest absolute Gasteiger partial charge is 0.506 e. The third kappa shape index (κ3) is 5.26. The van der Waals surface area contributed by atoms with Gasteiger partial charge in [-0.3, -0.25) is 4.79 Å². The van der Waals surface area contributed by atoms with Crippen molar-refractivity contribution in [3.63, 3.8) is 0 Å². The Hall–Kier alpha value is -2.03. The molecule has 2 N–H and O–H groups in total. The zero-order valence-electron chi connectivity index (χ0n) is 14.7. The maximum absolute atomic E-state index is 12.2. The van der Waals surface area contributed by atoms with Crippen molar-refractivity contribution < 1.29 is 9.90 Å². The van der Waals surface area contributed by atoms with Crippen LogP contribution in [0.25, 0.3) is 10.8 Å². The van der Waals surface area contributed by atoms with Crippen LogP contribution in [-0.2, 0) is 0 Å². The number of rotatable bonds is 10. The van der Waals surface area contributed by atoms with Gasteiger partial charge in [0.1, 0.15) is 5.75 Å². The van der Waals surface area contributed by atoms with Crippen molar-refractivity contribution >= 4 is 16.7 Å². The van der Waals surface area contributed by atoms with Crippen LogP contribution < -0.4 is 5.32 Å². The van der Waals surface area contributed by atoms with Gasteiger partial charge < -0.3 is 10.4 Å². The van der Waals surface area contributed by atoms with E-state index in [4.69, 9.17) is 0 Å². The molecule has 0 aromatic heterocycles. The summed E-state index contributed by atoms with van der Waals surface area (Å²) >= 11 is 0. The molecule has 0 aliphatic rings. The van der Waals surface area contributed by atoms with Crippen LogP contribution in [0.4, 0.5) is 0 Å². The van der Waals surface area contributed by atoms with E-state index in [9.17, 15) is 9.90 Å². The molecule has 0 unspecified atom stereocenters. The molecule has 0 radical (unpaired) electrons. The molecule has 0 atom stereocenters. The van der Waals surface area contributed by atoms with E-state index in [1.807, 2.05) is 30.3 Å². The molecule has 2 aromatic carbocycles. The summed E-state index contributed by atoms with van der Waals surface area (Å²) in [5.41, 5.74) is 0.355. The molecule has 1 amide bonds. The van der Waals surface area contributed by atoms with Crippen LogP contribution in [0.15, 0.2) is 36.4 Å². The SMILES string of the molecule is CCCCCCCCCCNC(=O)c1ccc2ccccc2c1O. The van der Waals surface area contributed by atoms with E-state index in [0.29, 0.717) is 12.1 Å². The number of benzene rings is 2. The zero-order chi connectivity index (χ0) is 17.2. The molecular formula is C21H29NO2. The van der Waals surface area contributed by atoms with Gasteiger partial charge in [0, 0.05) is 11.9 Å². The summed E-state index contributed by atoms with van der Waals surface area (Å²) in [6.45, 7) is 2.90. The average molecular weight is 327 g/mol. The summed E-state index contributed by atoms with van der Waals surface area (Å²) in [5.74, 6) is -0.122. The molecule has 0 saturated carbocycles. The first kappa shape index (κ1) is 18.3. The van der Waals surface area contributed by atoms with Crippen molar-refractivity contribution in [1.82, 2.24) is 5.32 Å². The fraction of sp³-hybridized carbons (Fsp3) is 0.476. The van der Waals surface area contributed by atoms with Crippen LogP contribution in [-0.4, -0.2) is 17.6 Å². The number of hydrogen-bond acceptors (Lipinski definition) is 2. The minimum Gasteiger partial charge on any atom is -0.506 e. The molecule has 3 nitrogen and oxygen atoms in total. The first-order chi connectivity index (χ1) is 11.7. The Morgan fingerprint density at radius 2 is 1.58 bits per heavy atom. The number of fused-ring (bicyclic) bond motifs is 1. The van der Waals surface area contributed by atoms with E-state index < -0.39 is 0 Å². The summed E-state index contributed by atoms with van der Waals surface area (Å²) in [6, 6.07) is 11.1. The predicted molar refractivity (Wildman–Crippen MR) is 101 cm³/mol. The smallest absolute Gasteiger partial charge is 0.255 e. The summed E-state index contributed by atoms with van der Waals surface area (Å²) < 4.78 is 0. The molecule has 0 heterocycles. The Morgan fingerprint density at radius 1 is 0.917 bits per heavy atom. The molecule has 0 aliphatic carbocycles. The Bertz CT molecular complexity index is 651. The predicted octanol–water partition coefficient (Wildman–Crippen LogP) is 5.42. The number of phenols is 1. The van der Waals surface area contributed by atoms with E-state index in [-0.39, 0.29) is 11.7 Å². The van der Waals surface area contributed by atoms with Crippen molar-refractivity contribution in [3.05, 3.63) is 42.0 Å². The van der Waals surface area contributed by atoms with Gasteiger partial charge in [0.25, 0.3) is 5.91 Å². The summed E-state index contributed by atoms with van der Waals surface area (Å²) in [6.07, 6.45) is 9.96. The van der Waals surface area contributed by atoms with Crippen LogP contribution in [0, 0.1) is 0 Å². The molecule has 2 aromatic rings. The maximum Gasteiger partial charge on any atom is 0.255 e. The topological polar surface area (TPSA) is 49.3 Å². The molecular weight excluding hydrogens is 298 g/mol. The monoisotopic (exact) mass is 327 g/mol. The number of carbonyl (C=O) groups is 1. The fourth-order valence-corrected chi connectivity index (χ4v) is 2.99. The van der Waals surface area contributed by atoms with E-state index >= 15 is 0 Å². The molecule has 2 rings (SSSR count). The van der Waals surface area contributed by atoms with Crippen molar-refractivity contribution in [2.24, 2.45) is 0 Å². The van der Waals surface area contributed by atoms with Crippen molar-refractivity contribution in [3.8, 4) is 5.75 Å². The minimum atomic E-state index is -0.193. The molecule has 3 heteroatoms. The van der Waals surface area contributed by atoms with Gasteiger partial charge in [-0.05, 0) is 17.9 Å². The van der Waals surface area contributed by atoms with E-state index in [2.05, 4.69) is 12.2 Å². The van der Waals surface area contributed by atoms with Gasteiger partial charge in [0.2, 0.25) is 0 Å². The third-order valence-corrected chi connectivity index (χ3v) is 4.46. The fourth-order valence-electron chi connectivity index (χ4n) is 2.99. The highest BCUT2D eigenvalue weighted by atomic mass is 16.3. The van der Waals surface area contributed by atoms with Crippen molar-refractivity contribution in [2.75, 3.05) is 6.54 Å². The lowest BCUT2D eigenvalue weighted by Crippen LogP contribution is -2.24. The van der Waals surface area contributed by atoms with E-state index in [0.717, 1.165) is 23.6 Å². The second-order valence-electron chi connectivity index (χ2n) is 6.41. The number of carbonyl (C=O) groups excluding carboxylic acids is 1. The summed E-state index contributed by atoms with van der Waals surface area (Å²) in [4.78, 5) is 12.2. The van der Waals surface area contributed by atoms with Crippen LogP contribution in [0.5, 0.6) is 5.75 Å². The molecule has 0 saturated heterocycles. The van der Waals surface area contributed by atoms with E-state index in [1.54, 1.807) is 6.07 Å². The van der Waals surface area contributed by atoms with Gasteiger partial charge in [-0.25, -0.2) is 0 Å². The lowest BCUT2D eigenvalue weighted by atomic mass is 10.0. The zero-order valence-corrected chi connectivity index (χ0v) is 14.7. The lowest BCUT2D eigenvalue weighted by Gasteiger charge is -2.09. The van der Waals surface area contributed by atoms with Crippen LogP contribution in [0.2, 0.25) is 0 Å².